The van der Waals surface area contributed by atoms with Crippen molar-refractivity contribution in [3.63, 3.8) is 0 Å². The van der Waals surface area contributed by atoms with Gasteiger partial charge in [-0.05, 0) is 20.0 Å². The molecule has 0 aliphatic carbocycles. The maximum absolute atomic E-state index is 15.1. The van der Waals surface area contributed by atoms with Crippen molar-refractivity contribution in [3.8, 4) is 5.75 Å². The fourth-order valence-corrected chi connectivity index (χ4v) is 3.84. The minimum Gasteiger partial charge on any atom is -0.487 e. The van der Waals surface area contributed by atoms with Gasteiger partial charge in [0, 0.05) is 43.3 Å². The lowest BCUT2D eigenvalue weighted by atomic mass is 10.1. The first-order valence-electron chi connectivity index (χ1n) is 8.80. The third kappa shape index (κ3) is 2.52. The Morgan fingerprint density at radius 2 is 2.04 bits per heavy atom. The Kier molecular flexibility index (Phi) is 4.24. The maximum atomic E-state index is 15.1. The highest BCUT2D eigenvalue weighted by Gasteiger charge is 2.29. The minimum absolute atomic E-state index is 0.0221. The van der Waals surface area contributed by atoms with Crippen LogP contribution in [0.15, 0.2) is 17.4 Å². The van der Waals surface area contributed by atoms with Gasteiger partial charge in [-0.3, -0.25) is 0 Å². The van der Waals surface area contributed by atoms with E-state index >= 15 is 4.39 Å². The highest BCUT2D eigenvalue weighted by Crippen LogP contribution is 2.42. The first kappa shape index (κ1) is 17.1. The molecule has 3 heterocycles. The Bertz CT molecular complexity index is 919. The van der Waals surface area contributed by atoms with Gasteiger partial charge in [0.1, 0.15) is 17.7 Å². The second-order valence-corrected chi connectivity index (χ2v) is 7.05. The van der Waals surface area contributed by atoms with Crippen LogP contribution in [0.4, 0.5) is 10.1 Å². The van der Waals surface area contributed by atoms with Crippen molar-refractivity contribution in [1.29, 1.82) is 0 Å². The Balaban J connectivity index is 2.02. The Morgan fingerprint density at radius 3 is 2.69 bits per heavy atom. The van der Waals surface area contributed by atoms with E-state index in [1.54, 1.807) is 6.20 Å². The average molecular weight is 362 g/mol. The standard InChI is InChI=1S/C18H23FN4O3/c1-11-10-26-18-16-13(15(20-25)12(9-24)8-23(11)16)7-14(19)17(18)22-5-3-21(2)4-6-22/h7-8,11,24-25H,3-6,9-10H2,1-2H3/b20-15+/t11-/m0/s1. The molecule has 2 aliphatic heterocycles. The normalized spacial score (nSPS) is 21.3. The SMILES string of the molecule is C[C@H]1COc2c(N3CCN(C)CC3)c(F)cc3/c(=N/O)c(CO)cn1c23. The van der Waals surface area contributed by atoms with Gasteiger partial charge in [-0.2, -0.15) is 0 Å². The lowest BCUT2D eigenvalue weighted by Crippen LogP contribution is -2.45. The van der Waals surface area contributed by atoms with E-state index in [0.717, 1.165) is 26.2 Å². The number of rotatable bonds is 2. The van der Waals surface area contributed by atoms with Crippen LogP contribution in [0.5, 0.6) is 5.75 Å². The van der Waals surface area contributed by atoms with E-state index in [-0.39, 0.29) is 18.0 Å². The van der Waals surface area contributed by atoms with Crippen molar-refractivity contribution in [2.24, 2.45) is 5.16 Å². The lowest BCUT2D eigenvalue weighted by molar-refractivity contribution is 0.241. The Labute approximate surface area is 150 Å². The molecule has 1 atom stereocenters. The molecule has 0 bridgehead atoms. The van der Waals surface area contributed by atoms with Gasteiger partial charge in [-0.25, -0.2) is 4.39 Å². The van der Waals surface area contributed by atoms with Crippen LogP contribution >= 0.6 is 0 Å². The molecule has 2 N–H and O–H groups in total. The van der Waals surface area contributed by atoms with E-state index in [1.807, 2.05) is 16.4 Å². The maximum Gasteiger partial charge on any atom is 0.170 e. The van der Waals surface area contributed by atoms with Crippen molar-refractivity contribution in [3.05, 3.63) is 29.0 Å². The number of aromatic nitrogens is 1. The molecule has 0 radical (unpaired) electrons. The summed E-state index contributed by atoms with van der Waals surface area (Å²) in [4.78, 5) is 4.22. The number of nitrogens with zero attached hydrogens (tertiary/aromatic N) is 4. The third-order valence-corrected chi connectivity index (χ3v) is 5.33. The van der Waals surface area contributed by atoms with Crippen LogP contribution in [0, 0.1) is 5.82 Å². The van der Waals surface area contributed by atoms with Gasteiger partial charge in [0.2, 0.25) is 0 Å². The van der Waals surface area contributed by atoms with Crippen LogP contribution in [0.1, 0.15) is 18.5 Å². The molecule has 26 heavy (non-hydrogen) atoms. The van der Waals surface area contributed by atoms with Crippen LogP contribution in [-0.2, 0) is 6.61 Å². The number of ether oxygens (including phenoxy) is 1. The van der Waals surface area contributed by atoms with E-state index < -0.39 is 5.82 Å². The molecule has 8 heteroatoms. The lowest BCUT2D eigenvalue weighted by Gasteiger charge is -2.37. The summed E-state index contributed by atoms with van der Waals surface area (Å²) in [5, 5.41) is 23.0. The van der Waals surface area contributed by atoms with Gasteiger partial charge in [-0.1, -0.05) is 5.16 Å². The van der Waals surface area contributed by atoms with Crippen LogP contribution in [0.3, 0.4) is 0 Å². The molecule has 7 nitrogen and oxygen atoms in total. The first-order valence-corrected chi connectivity index (χ1v) is 8.80. The zero-order valence-electron chi connectivity index (χ0n) is 14.9. The van der Waals surface area contributed by atoms with E-state index in [0.29, 0.717) is 34.5 Å². The number of anilines is 1. The molecule has 1 fully saturated rings. The summed E-state index contributed by atoms with van der Waals surface area (Å²) in [6, 6.07) is 1.41. The van der Waals surface area contributed by atoms with E-state index in [4.69, 9.17) is 4.74 Å². The van der Waals surface area contributed by atoms with Crippen LogP contribution in [-0.4, -0.2) is 59.6 Å². The molecule has 2 aliphatic rings. The fourth-order valence-electron chi connectivity index (χ4n) is 3.84. The van der Waals surface area contributed by atoms with E-state index in [1.165, 1.54) is 6.07 Å². The topological polar surface area (TPSA) is 73.5 Å². The number of piperazine rings is 1. The number of pyridine rings is 1. The van der Waals surface area contributed by atoms with Crippen molar-refractivity contribution < 1.29 is 19.4 Å². The summed E-state index contributed by atoms with van der Waals surface area (Å²) < 4.78 is 23.1. The summed E-state index contributed by atoms with van der Waals surface area (Å²) in [5.74, 6) is 0.0789. The molecule has 140 valence electrons. The number of aliphatic hydroxyl groups excluding tert-OH is 1. The highest BCUT2D eigenvalue weighted by molar-refractivity contribution is 5.92. The predicted octanol–water partition coefficient (Wildman–Crippen LogP) is 1.27. The second-order valence-electron chi connectivity index (χ2n) is 7.05. The summed E-state index contributed by atoms with van der Waals surface area (Å²) >= 11 is 0. The molecule has 0 saturated carbocycles. The van der Waals surface area contributed by atoms with E-state index in [9.17, 15) is 10.3 Å². The number of benzene rings is 1. The van der Waals surface area contributed by atoms with Gasteiger partial charge in [0.05, 0.1) is 18.2 Å². The van der Waals surface area contributed by atoms with Crippen molar-refractivity contribution in [2.45, 2.75) is 19.6 Å². The molecular formula is C18H23FN4O3. The van der Waals surface area contributed by atoms with Crippen LogP contribution in [0.25, 0.3) is 10.9 Å². The molecule has 0 unspecified atom stereocenters. The number of hydrogen-bond donors (Lipinski definition) is 2. The second kappa shape index (κ2) is 6.44. The largest absolute Gasteiger partial charge is 0.487 e. The number of aliphatic hydroxyl groups is 1. The van der Waals surface area contributed by atoms with Gasteiger partial charge in [-0.15, -0.1) is 0 Å². The van der Waals surface area contributed by atoms with Crippen molar-refractivity contribution in [1.82, 2.24) is 9.47 Å². The molecule has 0 amide bonds. The zero-order valence-corrected chi connectivity index (χ0v) is 14.9. The highest BCUT2D eigenvalue weighted by atomic mass is 19.1. The quantitative estimate of drug-likeness (QED) is 0.622. The number of likely N-dealkylation sites (N-methyl/N-ethyl adjacent to an activating group) is 1. The van der Waals surface area contributed by atoms with Crippen molar-refractivity contribution in [2.75, 3.05) is 44.7 Å². The summed E-state index contributed by atoms with van der Waals surface area (Å²) in [5.41, 5.74) is 1.61. The summed E-state index contributed by atoms with van der Waals surface area (Å²) in [6.45, 7) is 5.27. The number of halogens is 1. The average Bonchev–Trinajstić information content (AvgIpc) is 2.64. The Morgan fingerprint density at radius 1 is 1.31 bits per heavy atom. The minimum atomic E-state index is -0.404. The van der Waals surface area contributed by atoms with E-state index in [2.05, 4.69) is 17.1 Å². The predicted molar refractivity (Wildman–Crippen MR) is 95.1 cm³/mol. The van der Waals surface area contributed by atoms with Gasteiger partial charge >= 0.3 is 0 Å². The monoisotopic (exact) mass is 362 g/mol. The molecule has 1 aromatic heterocycles. The fraction of sp³-hybridized carbons (Fsp3) is 0.500. The number of hydrogen-bond acceptors (Lipinski definition) is 6. The molecule has 0 spiro atoms. The van der Waals surface area contributed by atoms with Crippen LogP contribution < -0.4 is 15.0 Å². The summed E-state index contributed by atoms with van der Waals surface area (Å²) in [6.07, 6.45) is 1.76. The van der Waals surface area contributed by atoms with Crippen LogP contribution in [0.2, 0.25) is 0 Å². The molecule has 4 rings (SSSR count). The molecule has 1 aromatic carbocycles. The smallest absolute Gasteiger partial charge is 0.170 e. The Hall–Kier alpha value is -2.32. The third-order valence-electron chi connectivity index (χ3n) is 5.33. The van der Waals surface area contributed by atoms with Gasteiger partial charge < -0.3 is 29.4 Å². The molecular weight excluding hydrogens is 339 g/mol. The van der Waals surface area contributed by atoms with Gasteiger partial charge in [0.25, 0.3) is 0 Å². The molecule has 2 aromatic rings. The van der Waals surface area contributed by atoms with Crippen molar-refractivity contribution >= 4 is 16.6 Å². The molecule has 1 saturated heterocycles. The zero-order chi connectivity index (χ0) is 18.4. The first-order chi connectivity index (χ1) is 12.5. The summed E-state index contributed by atoms with van der Waals surface area (Å²) in [7, 11) is 2.05. The van der Waals surface area contributed by atoms with Gasteiger partial charge in [0.15, 0.2) is 11.6 Å².